The third-order valence-corrected chi connectivity index (χ3v) is 3.89. The van der Waals surface area contributed by atoms with Gasteiger partial charge in [-0.3, -0.25) is 0 Å². The smallest absolute Gasteiger partial charge is 0.181 e. The molecule has 1 aliphatic rings. The van der Waals surface area contributed by atoms with Gasteiger partial charge in [-0.05, 0) is 47.5 Å². The molecule has 0 radical (unpaired) electrons. The van der Waals surface area contributed by atoms with Crippen LogP contribution in [0.4, 0.5) is 0 Å². The molecule has 0 bridgehead atoms. The van der Waals surface area contributed by atoms with Gasteiger partial charge in [-0.2, -0.15) is 4.68 Å². The second-order valence-electron chi connectivity index (χ2n) is 5.41. The first-order valence-electron chi connectivity index (χ1n) is 7.72. The van der Waals surface area contributed by atoms with E-state index in [1.165, 1.54) is 25.7 Å². The van der Waals surface area contributed by atoms with Crippen LogP contribution < -0.4 is 4.74 Å². The molecule has 0 N–H and O–H groups in total. The summed E-state index contributed by atoms with van der Waals surface area (Å²) in [4.78, 5) is 2.35. The number of likely N-dealkylation sites (tertiary alicyclic amines) is 1. The second kappa shape index (κ2) is 7.06. The molecule has 22 heavy (non-hydrogen) atoms. The van der Waals surface area contributed by atoms with Gasteiger partial charge in [0.2, 0.25) is 0 Å². The van der Waals surface area contributed by atoms with E-state index in [4.69, 9.17) is 4.74 Å². The predicted octanol–water partition coefficient (Wildman–Crippen LogP) is 2.52. The van der Waals surface area contributed by atoms with E-state index in [2.05, 4.69) is 26.6 Å². The minimum absolute atomic E-state index is 0.731. The Hall–Kier alpha value is -2.37. The van der Waals surface area contributed by atoms with Crippen LogP contribution in [0.5, 0.6) is 5.75 Å². The summed E-state index contributed by atoms with van der Waals surface area (Å²) >= 11 is 0. The maximum atomic E-state index is 5.17. The summed E-state index contributed by atoms with van der Waals surface area (Å²) in [5.41, 5.74) is 0.918. The minimum atomic E-state index is 0.731. The monoisotopic (exact) mass is 299 g/mol. The minimum Gasteiger partial charge on any atom is -0.497 e. The van der Waals surface area contributed by atoms with Crippen LogP contribution in [0, 0.1) is 0 Å². The van der Waals surface area contributed by atoms with Gasteiger partial charge in [0.1, 0.15) is 5.75 Å². The molecule has 116 valence electrons. The van der Waals surface area contributed by atoms with Crippen LogP contribution in [0.3, 0.4) is 0 Å². The number of rotatable bonds is 4. The molecule has 2 aromatic rings. The van der Waals surface area contributed by atoms with E-state index in [0.717, 1.165) is 30.4 Å². The van der Waals surface area contributed by atoms with E-state index in [1.54, 1.807) is 11.8 Å². The lowest BCUT2D eigenvalue weighted by Gasteiger charge is -2.16. The normalized spacial score (nSPS) is 16.0. The van der Waals surface area contributed by atoms with Crippen LogP contribution in [0.15, 0.2) is 30.5 Å². The van der Waals surface area contributed by atoms with Crippen LogP contribution in [0.25, 0.3) is 11.8 Å². The molecule has 0 aliphatic carbocycles. The van der Waals surface area contributed by atoms with E-state index < -0.39 is 0 Å². The maximum absolute atomic E-state index is 5.17. The van der Waals surface area contributed by atoms with Gasteiger partial charge >= 0.3 is 0 Å². The molecule has 0 spiro atoms. The van der Waals surface area contributed by atoms with Crippen LogP contribution in [0.2, 0.25) is 0 Å². The van der Waals surface area contributed by atoms with Gasteiger partial charge in [0, 0.05) is 25.4 Å². The number of hydrogen-bond acceptors (Lipinski definition) is 5. The third-order valence-electron chi connectivity index (χ3n) is 3.89. The van der Waals surface area contributed by atoms with Crippen molar-refractivity contribution in [2.75, 3.05) is 20.2 Å². The summed E-state index contributed by atoms with van der Waals surface area (Å²) in [6.07, 6.45) is 9.26. The average molecular weight is 299 g/mol. The summed E-state index contributed by atoms with van der Waals surface area (Å²) in [7, 11) is 1.65. The number of nitrogens with zero attached hydrogens (tertiary/aromatic N) is 5. The fourth-order valence-corrected chi connectivity index (χ4v) is 2.62. The number of hydrogen-bond donors (Lipinski definition) is 0. The van der Waals surface area contributed by atoms with Crippen molar-refractivity contribution in [2.24, 2.45) is 0 Å². The van der Waals surface area contributed by atoms with Gasteiger partial charge in [0.25, 0.3) is 0 Å². The number of tetrazole rings is 1. The maximum Gasteiger partial charge on any atom is 0.181 e. The van der Waals surface area contributed by atoms with Gasteiger partial charge in [0.05, 0.1) is 12.8 Å². The topological polar surface area (TPSA) is 56.1 Å². The Bertz CT molecular complexity index is 612. The first-order valence-corrected chi connectivity index (χ1v) is 7.72. The zero-order chi connectivity index (χ0) is 15.2. The van der Waals surface area contributed by atoms with Crippen LogP contribution in [-0.4, -0.2) is 45.3 Å². The highest BCUT2D eigenvalue weighted by molar-refractivity contribution is 5.45. The molecule has 2 heterocycles. The van der Waals surface area contributed by atoms with Crippen molar-refractivity contribution >= 4 is 6.08 Å². The molecule has 0 amide bonds. The summed E-state index contributed by atoms with van der Waals surface area (Å²) in [5.74, 6) is 1.55. The lowest BCUT2D eigenvalue weighted by atomic mass is 10.2. The Labute approximate surface area is 130 Å². The SMILES string of the molecule is COc1ccc(-n2nnnc2C=CN2CCCCCC2)cc1. The molecule has 0 saturated carbocycles. The Morgan fingerprint density at radius 2 is 1.77 bits per heavy atom. The molecule has 6 nitrogen and oxygen atoms in total. The van der Waals surface area contributed by atoms with Crippen LogP contribution in [-0.2, 0) is 0 Å². The van der Waals surface area contributed by atoms with Crippen molar-refractivity contribution in [3.05, 3.63) is 36.3 Å². The average Bonchev–Trinajstić information content (AvgIpc) is 2.88. The predicted molar refractivity (Wildman–Crippen MR) is 84.8 cm³/mol. The molecular weight excluding hydrogens is 278 g/mol. The zero-order valence-corrected chi connectivity index (χ0v) is 12.9. The molecule has 6 heteroatoms. The van der Waals surface area contributed by atoms with Crippen molar-refractivity contribution in [3.63, 3.8) is 0 Å². The lowest BCUT2D eigenvalue weighted by molar-refractivity contribution is 0.394. The highest BCUT2D eigenvalue weighted by Gasteiger charge is 2.08. The van der Waals surface area contributed by atoms with Crippen LogP contribution >= 0.6 is 0 Å². The first-order chi connectivity index (χ1) is 10.9. The standard InChI is InChI=1S/C16H21N5O/c1-22-15-8-6-14(7-9-15)21-16(17-18-19-21)10-13-20-11-4-2-3-5-12-20/h6-10,13H,2-5,11-12H2,1H3. The number of benzene rings is 1. The molecule has 1 aromatic heterocycles. The highest BCUT2D eigenvalue weighted by atomic mass is 16.5. The molecule has 1 saturated heterocycles. The van der Waals surface area contributed by atoms with Gasteiger partial charge in [-0.1, -0.05) is 12.8 Å². The van der Waals surface area contributed by atoms with E-state index in [0.29, 0.717) is 0 Å². The van der Waals surface area contributed by atoms with Crippen molar-refractivity contribution in [1.29, 1.82) is 0 Å². The molecule has 3 rings (SSSR count). The fraction of sp³-hybridized carbons (Fsp3) is 0.438. The first kappa shape index (κ1) is 14.6. The molecular formula is C16H21N5O. The van der Waals surface area contributed by atoms with Crippen molar-refractivity contribution < 1.29 is 4.74 Å². The summed E-state index contributed by atoms with van der Waals surface area (Å²) < 4.78 is 6.90. The summed E-state index contributed by atoms with van der Waals surface area (Å²) in [6.45, 7) is 2.22. The van der Waals surface area contributed by atoms with Crippen LogP contribution in [0.1, 0.15) is 31.5 Å². The van der Waals surface area contributed by atoms with Crippen molar-refractivity contribution in [2.45, 2.75) is 25.7 Å². The van der Waals surface area contributed by atoms with Crippen molar-refractivity contribution in [1.82, 2.24) is 25.1 Å². The highest BCUT2D eigenvalue weighted by Crippen LogP contribution is 2.16. The van der Waals surface area contributed by atoms with Crippen molar-refractivity contribution in [3.8, 4) is 11.4 Å². The summed E-state index contributed by atoms with van der Waals surface area (Å²) in [5, 5.41) is 12.0. The van der Waals surface area contributed by atoms with Gasteiger partial charge in [-0.15, -0.1) is 5.10 Å². The number of aromatic nitrogens is 4. The Morgan fingerprint density at radius 1 is 1.05 bits per heavy atom. The molecule has 0 unspecified atom stereocenters. The van der Waals surface area contributed by atoms with E-state index in [9.17, 15) is 0 Å². The summed E-state index contributed by atoms with van der Waals surface area (Å²) in [6, 6.07) is 7.69. The van der Waals surface area contributed by atoms with E-state index in [1.807, 2.05) is 30.3 Å². The van der Waals surface area contributed by atoms with Gasteiger partial charge in [0.15, 0.2) is 5.82 Å². The quantitative estimate of drug-likeness (QED) is 0.868. The second-order valence-corrected chi connectivity index (χ2v) is 5.41. The van der Waals surface area contributed by atoms with E-state index >= 15 is 0 Å². The molecule has 1 fully saturated rings. The molecule has 1 aromatic carbocycles. The van der Waals surface area contributed by atoms with E-state index in [-0.39, 0.29) is 0 Å². The zero-order valence-electron chi connectivity index (χ0n) is 12.9. The Balaban J connectivity index is 1.76. The third kappa shape index (κ3) is 3.44. The molecule has 1 aliphatic heterocycles. The number of methoxy groups -OCH3 is 1. The molecule has 0 atom stereocenters. The Kier molecular flexibility index (Phi) is 4.68. The number of ether oxygens (including phenoxy) is 1. The Morgan fingerprint density at radius 3 is 2.45 bits per heavy atom. The fourth-order valence-electron chi connectivity index (χ4n) is 2.62. The van der Waals surface area contributed by atoms with Gasteiger partial charge < -0.3 is 9.64 Å². The van der Waals surface area contributed by atoms with Gasteiger partial charge in [-0.25, -0.2) is 0 Å². The lowest BCUT2D eigenvalue weighted by Crippen LogP contribution is -2.17. The largest absolute Gasteiger partial charge is 0.497 e.